The Morgan fingerprint density at radius 2 is 1.90 bits per heavy atom. The van der Waals surface area contributed by atoms with Crippen molar-refractivity contribution in [3.05, 3.63) is 12.2 Å². The van der Waals surface area contributed by atoms with Crippen LogP contribution < -0.4 is 0 Å². The molecule has 2 fully saturated rings. The lowest BCUT2D eigenvalue weighted by Crippen LogP contribution is -2.72. The third-order valence-corrected chi connectivity index (χ3v) is 4.04. The molecule has 0 aromatic carbocycles. The van der Waals surface area contributed by atoms with Crippen LogP contribution in [0.2, 0.25) is 0 Å². The van der Waals surface area contributed by atoms with Crippen LogP contribution in [0.3, 0.4) is 0 Å². The van der Waals surface area contributed by atoms with Gasteiger partial charge in [0.1, 0.15) is 18.8 Å². The van der Waals surface area contributed by atoms with Gasteiger partial charge >= 0.3 is 0 Å². The van der Waals surface area contributed by atoms with Gasteiger partial charge in [0.25, 0.3) is 0 Å². The summed E-state index contributed by atoms with van der Waals surface area (Å²) in [5.74, 6) is -2.18. The van der Waals surface area contributed by atoms with Gasteiger partial charge in [0.2, 0.25) is 5.79 Å². The highest BCUT2D eigenvalue weighted by Crippen LogP contribution is 2.48. The molecule has 0 aliphatic carbocycles. The first-order valence-corrected chi connectivity index (χ1v) is 6.64. The van der Waals surface area contributed by atoms with Crippen LogP contribution >= 0.6 is 0 Å². The summed E-state index contributed by atoms with van der Waals surface area (Å²) in [4.78, 5) is 0. The minimum Gasteiger partial charge on any atom is -0.377 e. The molecule has 6 nitrogen and oxygen atoms in total. The van der Waals surface area contributed by atoms with E-state index >= 15 is 0 Å². The maximum Gasteiger partial charge on any atom is 0.231 e. The van der Waals surface area contributed by atoms with E-state index in [-0.39, 0.29) is 13.2 Å². The van der Waals surface area contributed by atoms with E-state index in [1.54, 1.807) is 27.9 Å². The molecule has 0 unspecified atom stereocenters. The number of methoxy groups -OCH3 is 2. The summed E-state index contributed by atoms with van der Waals surface area (Å²) in [6, 6.07) is 0. The van der Waals surface area contributed by atoms with E-state index in [0.29, 0.717) is 5.57 Å². The van der Waals surface area contributed by atoms with E-state index in [9.17, 15) is 5.11 Å². The van der Waals surface area contributed by atoms with Crippen molar-refractivity contribution < 1.29 is 28.8 Å². The molecular formula is C14H24O6. The first-order chi connectivity index (χ1) is 9.22. The molecule has 2 rings (SSSR count). The van der Waals surface area contributed by atoms with Gasteiger partial charge in [-0.15, -0.1) is 0 Å². The van der Waals surface area contributed by atoms with Crippen LogP contribution in [0.1, 0.15) is 20.8 Å². The molecule has 2 saturated heterocycles. The number of aliphatic hydroxyl groups is 1. The Morgan fingerprint density at radius 3 is 2.30 bits per heavy atom. The summed E-state index contributed by atoms with van der Waals surface area (Å²) < 4.78 is 28.1. The van der Waals surface area contributed by atoms with Crippen molar-refractivity contribution in [3.8, 4) is 0 Å². The van der Waals surface area contributed by atoms with Crippen molar-refractivity contribution >= 4 is 0 Å². The molecule has 2 aliphatic rings. The fraction of sp³-hybridized carbons (Fsp3) is 0.857. The molecule has 0 radical (unpaired) electrons. The molecule has 116 valence electrons. The molecule has 0 bridgehead atoms. The molecule has 1 spiro atoms. The average molecular weight is 288 g/mol. The maximum absolute atomic E-state index is 11.3. The van der Waals surface area contributed by atoms with Gasteiger partial charge in [-0.25, -0.2) is 0 Å². The zero-order chi connectivity index (χ0) is 15.2. The molecule has 1 N–H and O–H groups in total. The van der Waals surface area contributed by atoms with Crippen molar-refractivity contribution in [2.24, 2.45) is 0 Å². The Labute approximate surface area is 119 Å². The Hall–Kier alpha value is -0.500. The lowest BCUT2D eigenvalue weighted by Gasteiger charge is -2.52. The maximum atomic E-state index is 11.3. The highest BCUT2D eigenvalue weighted by atomic mass is 16.8. The van der Waals surface area contributed by atoms with Crippen LogP contribution in [0.15, 0.2) is 12.2 Å². The zero-order valence-corrected chi connectivity index (χ0v) is 12.8. The van der Waals surface area contributed by atoms with Crippen molar-refractivity contribution in [2.45, 2.75) is 50.2 Å². The number of rotatable bonds is 3. The van der Waals surface area contributed by atoms with Gasteiger partial charge in [-0.3, -0.25) is 0 Å². The van der Waals surface area contributed by atoms with E-state index in [0.717, 1.165) is 0 Å². The van der Waals surface area contributed by atoms with Crippen LogP contribution in [0.4, 0.5) is 0 Å². The summed E-state index contributed by atoms with van der Waals surface area (Å²) in [5.41, 5.74) is -1.08. The lowest BCUT2D eigenvalue weighted by molar-refractivity contribution is -0.370. The second-order valence-electron chi connectivity index (χ2n) is 5.83. The molecule has 0 saturated carbocycles. The second-order valence-corrected chi connectivity index (χ2v) is 5.83. The summed E-state index contributed by atoms with van der Waals surface area (Å²) >= 11 is 0. The fourth-order valence-electron chi connectivity index (χ4n) is 2.97. The molecule has 6 heteroatoms. The van der Waals surface area contributed by atoms with E-state index in [1.165, 1.54) is 7.11 Å². The molecule has 0 amide bonds. The van der Waals surface area contributed by atoms with Crippen molar-refractivity contribution in [2.75, 3.05) is 27.4 Å². The van der Waals surface area contributed by atoms with Crippen LogP contribution in [0, 0.1) is 0 Å². The predicted molar refractivity (Wildman–Crippen MR) is 71.2 cm³/mol. The lowest BCUT2D eigenvalue weighted by atomic mass is 9.77. The zero-order valence-electron chi connectivity index (χ0n) is 12.8. The average Bonchev–Trinajstić information content (AvgIpc) is 2.69. The SMILES string of the molecule is C=C(C)[C@@]1(O)[C@H](OC)[C@H](OC)CO[C@]12COC(C)(C)O2. The topological polar surface area (TPSA) is 66.4 Å². The van der Waals surface area contributed by atoms with Crippen LogP contribution in [-0.2, 0) is 23.7 Å². The van der Waals surface area contributed by atoms with Gasteiger partial charge in [0.15, 0.2) is 11.4 Å². The summed E-state index contributed by atoms with van der Waals surface area (Å²) in [5, 5.41) is 11.3. The monoisotopic (exact) mass is 288 g/mol. The number of hydrogen-bond donors (Lipinski definition) is 1. The van der Waals surface area contributed by atoms with Gasteiger partial charge in [-0.2, -0.15) is 0 Å². The Bertz CT molecular complexity index is 395. The third-order valence-electron chi connectivity index (χ3n) is 4.04. The van der Waals surface area contributed by atoms with Crippen molar-refractivity contribution in [1.29, 1.82) is 0 Å². The van der Waals surface area contributed by atoms with Crippen molar-refractivity contribution in [1.82, 2.24) is 0 Å². The van der Waals surface area contributed by atoms with E-state index in [2.05, 4.69) is 6.58 Å². The predicted octanol–water partition coefficient (Wildman–Crippen LogP) is 0.833. The summed E-state index contributed by atoms with van der Waals surface area (Å²) in [7, 11) is 3.07. The van der Waals surface area contributed by atoms with Crippen LogP contribution in [0.5, 0.6) is 0 Å². The van der Waals surface area contributed by atoms with Crippen LogP contribution in [-0.4, -0.2) is 61.9 Å². The first-order valence-electron chi connectivity index (χ1n) is 6.64. The molecule has 20 heavy (non-hydrogen) atoms. The molecule has 0 aromatic rings. The van der Waals surface area contributed by atoms with Gasteiger partial charge in [-0.05, 0) is 26.3 Å². The largest absolute Gasteiger partial charge is 0.377 e. The number of ether oxygens (including phenoxy) is 5. The quantitative estimate of drug-likeness (QED) is 0.776. The second kappa shape index (κ2) is 5.05. The first kappa shape index (κ1) is 15.9. The van der Waals surface area contributed by atoms with Crippen LogP contribution in [0.25, 0.3) is 0 Å². The Balaban J connectivity index is 2.45. The minimum absolute atomic E-state index is 0.0969. The van der Waals surface area contributed by atoms with E-state index in [4.69, 9.17) is 23.7 Å². The molecule has 0 aromatic heterocycles. The molecule has 2 heterocycles. The number of hydrogen-bond acceptors (Lipinski definition) is 6. The molecule has 4 atom stereocenters. The Morgan fingerprint density at radius 1 is 1.25 bits per heavy atom. The van der Waals surface area contributed by atoms with Gasteiger partial charge in [0.05, 0.1) is 6.61 Å². The van der Waals surface area contributed by atoms with Gasteiger partial charge in [0, 0.05) is 14.2 Å². The van der Waals surface area contributed by atoms with Crippen molar-refractivity contribution in [3.63, 3.8) is 0 Å². The minimum atomic E-state index is -1.56. The smallest absolute Gasteiger partial charge is 0.231 e. The molecular weight excluding hydrogens is 264 g/mol. The Kier molecular flexibility index (Phi) is 4.01. The highest BCUT2D eigenvalue weighted by Gasteiger charge is 2.68. The van der Waals surface area contributed by atoms with E-state index in [1.807, 2.05) is 0 Å². The third kappa shape index (κ3) is 2.11. The van der Waals surface area contributed by atoms with Gasteiger partial charge in [-0.1, -0.05) is 6.58 Å². The van der Waals surface area contributed by atoms with Gasteiger partial charge < -0.3 is 28.8 Å². The summed E-state index contributed by atoms with van der Waals surface area (Å²) in [6.45, 7) is 9.48. The summed E-state index contributed by atoms with van der Waals surface area (Å²) in [6.07, 6.45) is -1.07. The molecule has 2 aliphatic heterocycles. The standard InChI is InChI=1S/C14H24O6/c1-9(2)14(15)11(17-6)10(16-5)7-18-13(14)8-19-12(3,4)20-13/h10-11,15H,1,7-8H2,2-6H3/t10-,11-,13+,14-/m1/s1. The normalized spacial score (nSPS) is 43.9. The highest BCUT2D eigenvalue weighted by molar-refractivity contribution is 5.24. The van der Waals surface area contributed by atoms with E-state index < -0.39 is 29.4 Å². The fourth-order valence-corrected chi connectivity index (χ4v) is 2.97.